The molecule has 0 aromatic heterocycles. The Kier molecular flexibility index (Phi) is 4.96. The maximum absolute atomic E-state index is 13.4. The van der Waals surface area contributed by atoms with Crippen LogP contribution in [0.15, 0.2) is 18.2 Å². The molecule has 178 valence electrons. The second kappa shape index (κ2) is 7.81. The van der Waals surface area contributed by atoms with Gasteiger partial charge in [0.25, 0.3) is 5.91 Å². The van der Waals surface area contributed by atoms with Gasteiger partial charge in [0, 0.05) is 43.7 Å². The van der Waals surface area contributed by atoms with Crippen molar-refractivity contribution in [2.75, 3.05) is 20.1 Å². The zero-order chi connectivity index (χ0) is 23.7. The third kappa shape index (κ3) is 3.17. The number of piperazine rings is 1. The number of amides is 3. The average molecular weight is 462 g/mol. The number of aryl methyl sites for hydroxylation is 1. The Labute approximate surface area is 199 Å². The first-order valence-corrected chi connectivity index (χ1v) is 12.5. The van der Waals surface area contributed by atoms with Crippen LogP contribution >= 0.6 is 0 Å². The van der Waals surface area contributed by atoms with E-state index in [9.17, 15) is 19.6 Å². The van der Waals surface area contributed by atoms with E-state index in [-0.39, 0.29) is 53.8 Å². The number of rotatable bonds is 5. The van der Waals surface area contributed by atoms with Crippen molar-refractivity contribution >= 4 is 17.7 Å². The van der Waals surface area contributed by atoms with Crippen molar-refractivity contribution in [1.82, 2.24) is 20.0 Å². The van der Waals surface area contributed by atoms with Gasteiger partial charge in [0.2, 0.25) is 11.8 Å². The molecular formula is C26H31N5O3. The van der Waals surface area contributed by atoms with Gasteiger partial charge in [-0.3, -0.25) is 19.3 Å². The van der Waals surface area contributed by atoms with Gasteiger partial charge in [-0.15, -0.1) is 0 Å². The molecule has 2 aliphatic carbocycles. The fourth-order valence-electron chi connectivity index (χ4n) is 7.04. The Bertz CT molecular complexity index is 1110. The summed E-state index contributed by atoms with van der Waals surface area (Å²) in [5.74, 6) is 0.448. The van der Waals surface area contributed by atoms with Crippen molar-refractivity contribution in [3.8, 4) is 6.07 Å². The number of nitriles is 1. The topological polar surface area (TPSA) is 96.8 Å². The van der Waals surface area contributed by atoms with E-state index in [1.807, 2.05) is 30.0 Å². The predicted molar refractivity (Wildman–Crippen MR) is 123 cm³/mol. The normalized spacial score (nSPS) is 34.1. The summed E-state index contributed by atoms with van der Waals surface area (Å²) in [4.78, 5) is 44.7. The highest BCUT2D eigenvalue weighted by molar-refractivity contribution is 5.94. The van der Waals surface area contributed by atoms with E-state index < -0.39 is 0 Å². The minimum atomic E-state index is -0.280. The second-order valence-corrected chi connectivity index (χ2v) is 10.7. The van der Waals surface area contributed by atoms with Crippen LogP contribution in [0, 0.1) is 23.2 Å². The monoisotopic (exact) mass is 461 g/mol. The summed E-state index contributed by atoms with van der Waals surface area (Å²) in [6, 6.07) is 8.20. The maximum Gasteiger partial charge on any atom is 0.251 e. The summed E-state index contributed by atoms with van der Waals surface area (Å²) >= 11 is 0. The smallest absolute Gasteiger partial charge is 0.251 e. The molecule has 3 saturated heterocycles. The van der Waals surface area contributed by atoms with E-state index in [0.29, 0.717) is 18.0 Å². The summed E-state index contributed by atoms with van der Waals surface area (Å²) in [6.07, 6.45) is 4.43. The van der Waals surface area contributed by atoms with Gasteiger partial charge in [-0.2, -0.15) is 5.26 Å². The lowest BCUT2D eigenvalue weighted by molar-refractivity contribution is -0.142. The Hall–Kier alpha value is -2.92. The van der Waals surface area contributed by atoms with E-state index in [1.54, 1.807) is 7.05 Å². The number of likely N-dealkylation sites (tertiary alicyclic amines) is 3. The molecule has 6 rings (SSSR count). The molecule has 34 heavy (non-hydrogen) atoms. The quantitative estimate of drug-likeness (QED) is 0.716. The number of fused-ring (bicyclic) bond motifs is 4. The highest BCUT2D eigenvalue weighted by Crippen LogP contribution is 2.48. The zero-order valence-electron chi connectivity index (χ0n) is 19.7. The van der Waals surface area contributed by atoms with Crippen LogP contribution in [0.1, 0.15) is 60.1 Å². The Morgan fingerprint density at radius 2 is 2.06 bits per heavy atom. The molecule has 8 nitrogen and oxygen atoms in total. The number of carbonyl (C=O) groups is 3. The van der Waals surface area contributed by atoms with Crippen molar-refractivity contribution in [1.29, 1.82) is 5.26 Å². The highest BCUT2D eigenvalue weighted by Gasteiger charge is 2.56. The van der Waals surface area contributed by atoms with Crippen LogP contribution in [0.25, 0.3) is 0 Å². The van der Waals surface area contributed by atoms with Crippen LogP contribution in [0.2, 0.25) is 0 Å². The Morgan fingerprint density at radius 1 is 1.24 bits per heavy atom. The van der Waals surface area contributed by atoms with E-state index in [1.165, 1.54) is 5.56 Å². The third-order valence-electron chi connectivity index (χ3n) is 8.77. The summed E-state index contributed by atoms with van der Waals surface area (Å²) < 4.78 is 0. The fourth-order valence-corrected chi connectivity index (χ4v) is 7.04. The molecular weight excluding hydrogens is 430 g/mol. The van der Waals surface area contributed by atoms with Gasteiger partial charge in [0.05, 0.1) is 18.2 Å². The minimum absolute atomic E-state index is 0.0697. The molecule has 4 fully saturated rings. The van der Waals surface area contributed by atoms with Gasteiger partial charge in [0.1, 0.15) is 6.04 Å². The van der Waals surface area contributed by atoms with Gasteiger partial charge in [-0.25, -0.2) is 0 Å². The molecule has 0 spiro atoms. The first-order chi connectivity index (χ1) is 16.4. The molecule has 1 aromatic rings. The van der Waals surface area contributed by atoms with Gasteiger partial charge >= 0.3 is 0 Å². The first kappa shape index (κ1) is 21.6. The molecule has 1 N–H and O–H groups in total. The first-order valence-electron chi connectivity index (χ1n) is 12.5. The number of hydrogen-bond acceptors (Lipinski definition) is 5. The van der Waals surface area contributed by atoms with Gasteiger partial charge < -0.3 is 15.1 Å². The van der Waals surface area contributed by atoms with Crippen LogP contribution in [-0.4, -0.2) is 76.7 Å². The van der Waals surface area contributed by atoms with Gasteiger partial charge in [-0.05, 0) is 61.3 Å². The average Bonchev–Trinajstić information content (AvgIpc) is 3.18. The highest BCUT2D eigenvalue weighted by atomic mass is 16.2. The molecule has 7 atom stereocenters. The number of nitrogens with zero attached hydrogens (tertiary/aromatic N) is 4. The van der Waals surface area contributed by atoms with Crippen LogP contribution < -0.4 is 5.32 Å². The van der Waals surface area contributed by atoms with Crippen molar-refractivity contribution in [3.05, 3.63) is 34.9 Å². The van der Waals surface area contributed by atoms with Crippen LogP contribution in [-0.2, 0) is 16.0 Å². The maximum atomic E-state index is 13.4. The molecule has 1 unspecified atom stereocenters. The lowest BCUT2D eigenvalue weighted by Gasteiger charge is -2.39. The van der Waals surface area contributed by atoms with Crippen molar-refractivity contribution in [2.24, 2.45) is 11.8 Å². The summed E-state index contributed by atoms with van der Waals surface area (Å²) in [6.45, 7) is 3.31. The SMILES string of the molecule is CNC(=O)c1ccc2c(c1)CC[C@@H]2N1C(=O)[C@H]2C[C@@H]1CN2C[C@H](C)C(=O)N1C2C[C@H]2C[C@H]1C#N. The van der Waals surface area contributed by atoms with E-state index >= 15 is 0 Å². The molecule has 1 aromatic carbocycles. The number of carbonyl (C=O) groups excluding carboxylic acids is 3. The van der Waals surface area contributed by atoms with E-state index in [2.05, 4.69) is 21.2 Å². The Morgan fingerprint density at radius 3 is 2.79 bits per heavy atom. The molecule has 3 amide bonds. The van der Waals surface area contributed by atoms with Gasteiger partial charge in [-0.1, -0.05) is 13.0 Å². The van der Waals surface area contributed by atoms with Gasteiger partial charge in [0.15, 0.2) is 0 Å². The third-order valence-corrected chi connectivity index (χ3v) is 8.77. The van der Waals surface area contributed by atoms with E-state index in [0.717, 1.165) is 44.2 Å². The predicted octanol–water partition coefficient (Wildman–Crippen LogP) is 1.47. The fraction of sp³-hybridized carbons (Fsp3) is 0.615. The molecule has 5 aliphatic rings. The summed E-state index contributed by atoms with van der Waals surface area (Å²) in [7, 11) is 1.63. The minimum Gasteiger partial charge on any atom is -0.355 e. The number of nitrogens with one attached hydrogen (secondary N) is 1. The number of benzene rings is 1. The Balaban J connectivity index is 1.12. The lowest BCUT2D eigenvalue weighted by Crippen LogP contribution is -2.53. The van der Waals surface area contributed by atoms with Crippen molar-refractivity contribution < 1.29 is 14.4 Å². The van der Waals surface area contributed by atoms with Crippen LogP contribution in [0.4, 0.5) is 0 Å². The van der Waals surface area contributed by atoms with Crippen LogP contribution in [0.3, 0.4) is 0 Å². The molecule has 2 bridgehead atoms. The molecule has 3 aliphatic heterocycles. The van der Waals surface area contributed by atoms with E-state index in [4.69, 9.17) is 0 Å². The molecule has 1 saturated carbocycles. The number of hydrogen-bond donors (Lipinski definition) is 1. The lowest BCUT2D eigenvalue weighted by atomic mass is 10.0. The standard InChI is InChI=1S/C26H31N5O3/c1-14(25(33)30-18(11-27)8-17-9-22(17)30)12-29-13-19-10-23(29)26(34)31(19)21-6-4-15-7-16(24(32)28-2)3-5-20(15)21/h3,5,7,14,17-19,21-23H,4,6,8-10,12-13H2,1-2H3,(H,28,32)/t14-,17+,18-,19+,21-,22?,23+/m0/s1. The molecule has 3 heterocycles. The van der Waals surface area contributed by atoms with Crippen molar-refractivity contribution in [3.63, 3.8) is 0 Å². The number of piperidine rings is 1. The summed E-state index contributed by atoms with van der Waals surface area (Å²) in [5.41, 5.74) is 2.99. The molecule has 8 heteroatoms. The largest absolute Gasteiger partial charge is 0.355 e. The molecule has 0 radical (unpaired) electrons. The van der Waals surface area contributed by atoms with Crippen molar-refractivity contribution in [2.45, 2.75) is 69.2 Å². The zero-order valence-corrected chi connectivity index (χ0v) is 19.7. The summed E-state index contributed by atoms with van der Waals surface area (Å²) in [5, 5.41) is 12.1. The second-order valence-electron chi connectivity index (χ2n) is 10.7. The van der Waals surface area contributed by atoms with Crippen LogP contribution in [0.5, 0.6) is 0 Å².